The van der Waals surface area contributed by atoms with Crippen molar-refractivity contribution in [2.45, 2.75) is 25.0 Å². The predicted molar refractivity (Wildman–Crippen MR) is 130 cm³/mol. The number of hydrogen-bond acceptors (Lipinski definition) is 8. The second-order valence-corrected chi connectivity index (χ2v) is 8.50. The summed E-state index contributed by atoms with van der Waals surface area (Å²) in [6.45, 7) is 1.04. The second kappa shape index (κ2) is 10.9. The summed E-state index contributed by atoms with van der Waals surface area (Å²) in [4.78, 5) is 38.3. The van der Waals surface area contributed by atoms with Crippen molar-refractivity contribution in [1.82, 2.24) is 10.6 Å². The van der Waals surface area contributed by atoms with Gasteiger partial charge in [0, 0.05) is 17.7 Å². The van der Waals surface area contributed by atoms with E-state index in [4.69, 9.17) is 4.74 Å². The number of ether oxygens (including phenoxy) is 1. The molecule has 9 nitrogen and oxygen atoms in total. The first-order chi connectivity index (χ1) is 17.3. The highest BCUT2D eigenvalue weighted by molar-refractivity contribution is 6.13. The van der Waals surface area contributed by atoms with Crippen LogP contribution in [-0.2, 0) is 4.74 Å². The van der Waals surface area contributed by atoms with Gasteiger partial charge in [-0.05, 0) is 55.8 Å². The molecule has 3 aromatic carbocycles. The van der Waals surface area contributed by atoms with Crippen molar-refractivity contribution >= 4 is 17.7 Å². The molecule has 0 saturated carbocycles. The molecule has 3 aromatic rings. The Bertz CT molecular complexity index is 1240. The molecular formula is C27H26N2O7. The van der Waals surface area contributed by atoms with Gasteiger partial charge in [0.15, 0.2) is 5.78 Å². The summed E-state index contributed by atoms with van der Waals surface area (Å²) in [6.07, 6.45) is 0.496. The highest BCUT2D eigenvalue weighted by Gasteiger charge is 2.30. The number of esters is 1. The topological polar surface area (TPSA) is 145 Å². The summed E-state index contributed by atoms with van der Waals surface area (Å²) in [5.74, 6) is -2.83. The molecular weight excluding hydrogens is 464 g/mol. The van der Waals surface area contributed by atoms with Crippen molar-refractivity contribution in [3.8, 4) is 17.2 Å². The van der Waals surface area contributed by atoms with Gasteiger partial charge in [0.1, 0.15) is 28.9 Å². The van der Waals surface area contributed by atoms with Crippen LogP contribution in [0.2, 0.25) is 0 Å². The molecule has 36 heavy (non-hydrogen) atoms. The molecule has 1 aliphatic rings. The van der Waals surface area contributed by atoms with E-state index in [0.29, 0.717) is 31.5 Å². The number of benzene rings is 3. The van der Waals surface area contributed by atoms with E-state index in [0.717, 1.165) is 12.1 Å². The minimum atomic E-state index is -0.810. The molecule has 2 atom stereocenters. The molecule has 0 aromatic heterocycles. The molecule has 1 amide bonds. The molecule has 186 valence electrons. The minimum absolute atomic E-state index is 0.0393. The Morgan fingerprint density at radius 2 is 1.53 bits per heavy atom. The molecule has 1 heterocycles. The second-order valence-electron chi connectivity index (χ2n) is 8.50. The number of rotatable bonds is 6. The number of aromatic hydroxyl groups is 3. The summed E-state index contributed by atoms with van der Waals surface area (Å²) in [5.41, 5.74) is 0.179. The third kappa shape index (κ3) is 5.64. The van der Waals surface area contributed by atoms with E-state index in [2.05, 4.69) is 10.6 Å². The van der Waals surface area contributed by atoms with Gasteiger partial charge in [-0.1, -0.05) is 30.3 Å². The highest BCUT2D eigenvalue weighted by atomic mass is 16.5. The quantitative estimate of drug-likeness (QED) is 0.262. The number of ketones is 1. The molecule has 0 aliphatic carbocycles. The van der Waals surface area contributed by atoms with Gasteiger partial charge in [0.05, 0.1) is 11.6 Å². The summed E-state index contributed by atoms with van der Waals surface area (Å²) in [7, 11) is 0. The molecule has 4 rings (SSSR count). The lowest BCUT2D eigenvalue weighted by Gasteiger charge is -2.26. The van der Waals surface area contributed by atoms with E-state index in [1.165, 1.54) is 24.3 Å². The Labute approximate surface area is 207 Å². The van der Waals surface area contributed by atoms with Gasteiger partial charge >= 0.3 is 5.97 Å². The molecule has 1 saturated heterocycles. The average molecular weight is 491 g/mol. The monoisotopic (exact) mass is 490 g/mol. The van der Waals surface area contributed by atoms with Crippen LogP contribution in [0.25, 0.3) is 0 Å². The van der Waals surface area contributed by atoms with Gasteiger partial charge in [-0.25, -0.2) is 4.79 Å². The predicted octanol–water partition coefficient (Wildman–Crippen LogP) is 2.74. The van der Waals surface area contributed by atoms with Crippen LogP contribution in [0.15, 0.2) is 66.7 Å². The summed E-state index contributed by atoms with van der Waals surface area (Å²) >= 11 is 0. The smallest absolute Gasteiger partial charge is 0.338 e. The zero-order valence-electron chi connectivity index (χ0n) is 19.3. The summed E-state index contributed by atoms with van der Waals surface area (Å²) in [5, 5.41) is 36.4. The fourth-order valence-electron chi connectivity index (χ4n) is 4.07. The Hall–Kier alpha value is -4.37. The molecule has 1 aliphatic heterocycles. The van der Waals surface area contributed by atoms with Crippen LogP contribution in [0.5, 0.6) is 17.2 Å². The summed E-state index contributed by atoms with van der Waals surface area (Å²) in [6, 6.07) is 15.6. The number of phenolic OH excluding ortho intramolecular Hbond substituents is 3. The van der Waals surface area contributed by atoms with Crippen LogP contribution in [0.4, 0.5) is 0 Å². The third-order valence-electron chi connectivity index (χ3n) is 5.96. The first-order valence-electron chi connectivity index (χ1n) is 11.5. The first-order valence-corrected chi connectivity index (χ1v) is 11.5. The number of amides is 1. The fraction of sp³-hybridized carbons (Fsp3) is 0.222. The summed E-state index contributed by atoms with van der Waals surface area (Å²) < 4.78 is 5.68. The highest BCUT2D eigenvalue weighted by Crippen LogP contribution is 2.32. The van der Waals surface area contributed by atoms with Crippen molar-refractivity contribution in [2.24, 2.45) is 0 Å². The standard InChI is InChI=1S/C27H26N2O7/c30-19-10-8-17(9-11-19)26(34)29-20-15-28-12-4-7-23(20)36-27(35)18-13-21(31)24(22(32)14-18)25(33)16-5-2-1-3-6-16/h1-3,5-6,8-11,13-14,20,23,28,30-32H,4,7,12,15H2,(H,29,34)/t20-,23-/m0/s1. The average Bonchev–Trinajstić information content (AvgIpc) is 3.09. The third-order valence-corrected chi connectivity index (χ3v) is 5.96. The molecule has 0 spiro atoms. The van der Waals surface area contributed by atoms with Crippen LogP contribution in [-0.4, -0.2) is 58.2 Å². The Balaban J connectivity index is 1.50. The van der Waals surface area contributed by atoms with Crippen molar-refractivity contribution in [1.29, 1.82) is 0 Å². The van der Waals surface area contributed by atoms with Crippen LogP contribution >= 0.6 is 0 Å². The normalized spacial score (nSPS) is 17.6. The van der Waals surface area contributed by atoms with Crippen molar-refractivity contribution in [2.75, 3.05) is 13.1 Å². The maximum atomic E-state index is 12.9. The zero-order valence-corrected chi connectivity index (χ0v) is 19.3. The number of carbonyl (C=O) groups excluding carboxylic acids is 3. The van der Waals surface area contributed by atoms with Crippen molar-refractivity contribution in [3.63, 3.8) is 0 Å². The number of hydrogen-bond donors (Lipinski definition) is 5. The van der Waals surface area contributed by atoms with Gasteiger partial charge < -0.3 is 30.7 Å². The molecule has 0 radical (unpaired) electrons. The fourth-order valence-corrected chi connectivity index (χ4v) is 4.07. The van der Waals surface area contributed by atoms with E-state index in [1.807, 2.05) is 0 Å². The van der Waals surface area contributed by atoms with Gasteiger partial charge in [0.25, 0.3) is 5.91 Å². The van der Waals surface area contributed by atoms with E-state index in [9.17, 15) is 29.7 Å². The SMILES string of the molecule is O=C(N[C@H]1CNCCC[C@@H]1OC(=O)c1cc(O)c(C(=O)c2ccccc2)c(O)c1)c1ccc(O)cc1. The van der Waals surface area contributed by atoms with Crippen LogP contribution in [0.1, 0.15) is 49.5 Å². The molecule has 0 bridgehead atoms. The molecule has 0 unspecified atom stereocenters. The number of carbonyl (C=O) groups is 3. The van der Waals surface area contributed by atoms with Crippen LogP contribution < -0.4 is 10.6 Å². The largest absolute Gasteiger partial charge is 0.508 e. The van der Waals surface area contributed by atoms with Crippen LogP contribution in [0, 0.1) is 0 Å². The molecule has 9 heteroatoms. The minimum Gasteiger partial charge on any atom is -0.508 e. The van der Waals surface area contributed by atoms with Gasteiger partial charge in [-0.15, -0.1) is 0 Å². The molecule has 5 N–H and O–H groups in total. The van der Waals surface area contributed by atoms with Crippen molar-refractivity contribution < 1.29 is 34.4 Å². The van der Waals surface area contributed by atoms with E-state index < -0.39 is 35.4 Å². The Kier molecular flexibility index (Phi) is 7.50. The number of nitrogens with one attached hydrogen (secondary N) is 2. The Morgan fingerprint density at radius 1 is 0.861 bits per heavy atom. The number of phenols is 3. The van der Waals surface area contributed by atoms with Crippen LogP contribution in [0.3, 0.4) is 0 Å². The lowest BCUT2D eigenvalue weighted by molar-refractivity contribution is 0.0191. The van der Waals surface area contributed by atoms with E-state index in [-0.39, 0.29) is 28.3 Å². The lowest BCUT2D eigenvalue weighted by atomic mass is 9.99. The van der Waals surface area contributed by atoms with Gasteiger partial charge in [-0.3, -0.25) is 9.59 Å². The lowest BCUT2D eigenvalue weighted by Crippen LogP contribution is -2.49. The molecule has 1 fully saturated rings. The maximum absolute atomic E-state index is 12.9. The Morgan fingerprint density at radius 3 is 2.19 bits per heavy atom. The van der Waals surface area contributed by atoms with Gasteiger partial charge in [-0.2, -0.15) is 0 Å². The van der Waals surface area contributed by atoms with E-state index in [1.54, 1.807) is 30.3 Å². The maximum Gasteiger partial charge on any atom is 0.338 e. The van der Waals surface area contributed by atoms with Crippen molar-refractivity contribution in [3.05, 3.63) is 89.0 Å². The first kappa shape index (κ1) is 24.7. The van der Waals surface area contributed by atoms with Gasteiger partial charge in [0.2, 0.25) is 0 Å². The van der Waals surface area contributed by atoms with E-state index >= 15 is 0 Å². The zero-order chi connectivity index (χ0) is 25.7.